The van der Waals surface area contributed by atoms with Crippen LogP contribution in [0.3, 0.4) is 0 Å². The predicted octanol–water partition coefficient (Wildman–Crippen LogP) is 6.19. The number of carboxylic acid groups (broad SMARTS) is 1. The minimum atomic E-state index is -1.04. The second-order valence-electron chi connectivity index (χ2n) is 8.53. The van der Waals surface area contributed by atoms with Crippen LogP contribution in [0.1, 0.15) is 38.8 Å². The number of benzene rings is 3. The Bertz CT molecular complexity index is 1340. The molecule has 0 aliphatic heterocycles. The second kappa shape index (κ2) is 9.91. The molecule has 34 heavy (non-hydrogen) atoms. The van der Waals surface area contributed by atoms with Crippen molar-refractivity contribution in [2.75, 3.05) is 5.32 Å². The zero-order valence-corrected chi connectivity index (χ0v) is 19.4. The maximum absolute atomic E-state index is 12.6. The van der Waals surface area contributed by atoms with Crippen LogP contribution in [0.25, 0.3) is 21.7 Å². The van der Waals surface area contributed by atoms with Gasteiger partial charge in [-0.05, 0) is 60.0 Å². The van der Waals surface area contributed by atoms with Gasteiger partial charge in [0.25, 0.3) is 0 Å². The minimum Gasteiger partial charge on any atom is -0.487 e. The summed E-state index contributed by atoms with van der Waals surface area (Å²) in [6, 6.07) is 23.4. The van der Waals surface area contributed by atoms with Crippen LogP contribution in [0.2, 0.25) is 0 Å². The molecule has 174 valence electrons. The molecule has 0 unspecified atom stereocenters. The normalized spacial score (nSPS) is 11.5. The average molecular weight is 457 g/mol. The van der Waals surface area contributed by atoms with E-state index < -0.39 is 11.4 Å². The van der Waals surface area contributed by atoms with Crippen LogP contribution >= 0.6 is 0 Å². The van der Waals surface area contributed by atoms with Gasteiger partial charge in [-0.15, -0.1) is 0 Å². The van der Waals surface area contributed by atoms with Crippen LogP contribution in [0.4, 0.5) is 5.69 Å². The molecular formula is C28H28N2O4. The van der Waals surface area contributed by atoms with Gasteiger partial charge in [0.1, 0.15) is 12.4 Å². The molecule has 4 aromatic rings. The minimum absolute atomic E-state index is 0.0602. The number of carbonyl (C=O) groups is 2. The number of pyridine rings is 1. The Hall–Kier alpha value is -3.93. The van der Waals surface area contributed by atoms with Crippen molar-refractivity contribution in [2.45, 2.75) is 39.7 Å². The van der Waals surface area contributed by atoms with Crippen molar-refractivity contribution in [3.8, 4) is 5.75 Å². The molecule has 0 saturated heterocycles. The molecule has 0 atom stereocenters. The summed E-state index contributed by atoms with van der Waals surface area (Å²) >= 11 is 0. The van der Waals surface area contributed by atoms with Crippen molar-refractivity contribution >= 4 is 39.2 Å². The van der Waals surface area contributed by atoms with E-state index in [1.807, 2.05) is 72.8 Å². The second-order valence-corrected chi connectivity index (χ2v) is 8.53. The molecule has 1 aromatic heterocycles. The molecule has 0 aliphatic carbocycles. The lowest BCUT2D eigenvalue weighted by Gasteiger charge is -2.25. The average Bonchev–Trinajstić information content (AvgIpc) is 2.85. The van der Waals surface area contributed by atoms with Crippen LogP contribution in [0, 0.1) is 5.41 Å². The summed E-state index contributed by atoms with van der Waals surface area (Å²) in [7, 11) is 0. The van der Waals surface area contributed by atoms with Gasteiger partial charge in [-0.25, -0.2) is 4.98 Å². The van der Waals surface area contributed by atoms with Crippen molar-refractivity contribution in [1.29, 1.82) is 0 Å². The highest BCUT2D eigenvalue weighted by Gasteiger charge is 2.37. The Labute approximate surface area is 198 Å². The molecular weight excluding hydrogens is 428 g/mol. The number of nitrogens with zero attached hydrogens (tertiary/aromatic N) is 1. The fourth-order valence-electron chi connectivity index (χ4n) is 4.13. The first-order valence-corrected chi connectivity index (χ1v) is 11.5. The molecule has 0 bridgehead atoms. The maximum Gasteiger partial charge on any atom is 0.310 e. The number of aliphatic carboxylic acids is 1. The van der Waals surface area contributed by atoms with E-state index in [0.717, 1.165) is 27.4 Å². The topological polar surface area (TPSA) is 88.5 Å². The van der Waals surface area contributed by atoms with Crippen molar-refractivity contribution < 1.29 is 19.4 Å². The molecule has 4 rings (SSSR count). The summed E-state index contributed by atoms with van der Waals surface area (Å²) in [4.78, 5) is 29.0. The molecule has 6 nitrogen and oxygen atoms in total. The van der Waals surface area contributed by atoms with Crippen LogP contribution in [0.5, 0.6) is 5.75 Å². The number of hydrogen-bond acceptors (Lipinski definition) is 4. The highest BCUT2D eigenvalue weighted by atomic mass is 16.5. The number of hydrogen-bond donors (Lipinski definition) is 2. The zero-order chi connectivity index (χ0) is 24.1. The van der Waals surface area contributed by atoms with E-state index in [1.54, 1.807) is 13.8 Å². The summed E-state index contributed by atoms with van der Waals surface area (Å²) in [5.74, 6) is -0.540. The lowest BCUT2D eigenvalue weighted by atomic mass is 9.79. The van der Waals surface area contributed by atoms with Gasteiger partial charge in [0.05, 0.1) is 16.6 Å². The lowest BCUT2D eigenvalue weighted by Crippen LogP contribution is -2.34. The van der Waals surface area contributed by atoms with E-state index in [-0.39, 0.29) is 12.3 Å². The smallest absolute Gasteiger partial charge is 0.310 e. The zero-order valence-electron chi connectivity index (χ0n) is 19.4. The quantitative estimate of drug-likeness (QED) is 0.314. The van der Waals surface area contributed by atoms with E-state index >= 15 is 0 Å². The number of anilines is 1. The van der Waals surface area contributed by atoms with Gasteiger partial charge in [0.15, 0.2) is 0 Å². The van der Waals surface area contributed by atoms with E-state index in [4.69, 9.17) is 4.74 Å². The summed E-state index contributed by atoms with van der Waals surface area (Å²) in [5.41, 5.74) is 1.35. The summed E-state index contributed by atoms with van der Waals surface area (Å²) in [5, 5.41) is 15.5. The van der Waals surface area contributed by atoms with Gasteiger partial charge in [-0.3, -0.25) is 9.59 Å². The summed E-state index contributed by atoms with van der Waals surface area (Å²) < 4.78 is 5.98. The highest BCUT2D eigenvalue weighted by molar-refractivity contribution is 5.96. The third-order valence-corrected chi connectivity index (χ3v) is 6.44. The molecule has 0 fully saturated rings. The molecule has 0 spiro atoms. The molecule has 3 aromatic carbocycles. The standard InChI is InChI=1S/C28H28N2O4/c1-3-28(4-2,27(32)33)17-26(31)30-22-12-9-19-11-14-24(16-21(19)15-22)34-18-23-13-10-20-7-5-6-8-25(20)29-23/h5-16H,3-4,17-18H2,1-2H3,(H,30,31)(H,32,33). The van der Waals surface area contributed by atoms with Gasteiger partial charge in [0.2, 0.25) is 5.91 Å². The van der Waals surface area contributed by atoms with Gasteiger partial charge < -0.3 is 15.2 Å². The number of amides is 1. The molecule has 0 aliphatic rings. The Morgan fingerprint density at radius 2 is 1.65 bits per heavy atom. The molecule has 1 amide bonds. The fourth-order valence-corrected chi connectivity index (χ4v) is 4.13. The third-order valence-electron chi connectivity index (χ3n) is 6.44. The van der Waals surface area contributed by atoms with Crippen molar-refractivity contribution in [3.05, 3.63) is 78.5 Å². The number of para-hydroxylation sites is 1. The number of carboxylic acids is 1. The number of rotatable bonds is 9. The number of ether oxygens (including phenoxy) is 1. The van der Waals surface area contributed by atoms with Crippen LogP contribution in [-0.4, -0.2) is 22.0 Å². The Morgan fingerprint density at radius 3 is 2.41 bits per heavy atom. The number of fused-ring (bicyclic) bond motifs is 2. The SMILES string of the molecule is CCC(CC)(CC(=O)Nc1ccc2ccc(OCc3ccc4ccccc4n3)cc2c1)C(=O)O. The van der Waals surface area contributed by atoms with E-state index in [2.05, 4.69) is 10.3 Å². The third kappa shape index (κ3) is 5.01. The Balaban J connectivity index is 1.46. The molecule has 1 heterocycles. The highest BCUT2D eigenvalue weighted by Crippen LogP contribution is 2.32. The molecule has 2 N–H and O–H groups in total. The monoisotopic (exact) mass is 456 g/mol. The Morgan fingerprint density at radius 1 is 0.912 bits per heavy atom. The van der Waals surface area contributed by atoms with Crippen LogP contribution in [0.15, 0.2) is 72.8 Å². The predicted molar refractivity (Wildman–Crippen MR) is 134 cm³/mol. The van der Waals surface area contributed by atoms with Crippen molar-refractivity contribution in [3.63, 3.8) is 0 Å². The van der Waals surface area contributed by atoms with Crippen molar-refractivity contribution in [2.24, 2.45) is 5.41 Å². The van der Waals surface area contributed by atoms with Gasteiger partial charge in [0, 0.05) is 17.5 Å². The number of carbonyl (C=O) groups excluding carboxylic acids is 1. The maximum atomic E-state index is 12.6. The summed E-state index contributed by atoms with van der Waals surface area (Å²) in [6.07, 6.45) is 0.739. The summed E-state index contributed by atoms with van der Waals surface area (Å²) in [6.45, 7) is 3.95. The number of aromatic nitrogens is 1. The largest absolute Gasteiger partial charge is 0.487 e. The first kappa shape index (κ1) is 23.2. The van der Waals surface area contributed by atoms with E-state index in [1.165, 1.54) is 0 Å². The number of nitrogens with one attached hydrogen (secondary N) is 1. The van der Waals surface area contributed by atoms with Crippen LogP contribution < -0.4 is 10.1 Å². The van der Waals surface area contributed by atoms with Gasteiger partial charge in [-0.2, -0.15) is 0 Å². The fraction of sp³-hybridized carbons (Fsp3) is 0.250. The van der Waals surface area contributed by atoms with Crippen LogP contribution in [-0.2, 0) is 16.2 Å². The first-order valence-electron chi connectivity index (χ1n) is 11.5. The molecule has 0 radical (unpaired) electrons. The van der Waals surface area contributed by atoms with Crippen molar-refractivity contribution in [1.82, 2.24) is 4.98 Å². The molecule has 6 heteroatoms. The van der Waals surface area contributed by atoms with E-state index in [9.17, 15) is 14.7 Å². The first-order chi connectivity index (χ1) is 16.4. The van der Waals surface area contributed by atoms with Gasteiger partial charge >= 0.3 is 5.97 Å². The van der Waals surface area contributed by atoms with Gasteiger partial charge in [-0.1, -0.05) is 50.2 Å². The Kier molecular flexibility index (Phi) is 6.77. The van der Waals surface area contributed by atoms with E-state index in [0.29, 0.717) is 30.9 Å². The lowest BCUT2D eigenvalue weighted by molar-refractivity contribution is -0.151. The molecule has 0 saturated carbocycles.